The lowest BCUT2D eigenvalue weighted by atomic mass is 10.3. The second-order valence-electron chi connectivity index (χ2n) is 3.13. The fraction of sp³-hybridized carbons (Fsp3) is 0.455. The summed E-state index contributed by atoms with van der Waals surface area (Å²) in [6.45, 7) is 2.55. The molecule has 0 saturated carbocycles. The Kier molecular flexibility index (Phi) is 10.4. The highest BCUT2D eigenvalue weighted by Gasteiger charge is 1.96. The summed E-state index contributed by atoms with van der Waals surface area (Å²) in [5.41, 5.74) is 0. The average molecular weight is 246 g/mol. The zero-order valence-electron chi connectivity index (χ0n) is 9.41. The van der Waals surface area contributed by atoms with Gasteiger partial charge in [-0.15, -0.1) is 0 Å². The predicted octanol–water partition coefficient (Wildman–Crippen LogP) is 2.80. The molecule has 0 aliphatic carbocycles. The minimum absolute atomic E-state index is 0.322. The molecule has 0 amide bonds. The molecular formula is C11H19O4P. The minimum Gasteiger partial charge on any atom is -0.508 e. The summed E-state index contributed by atoms with van der Waals surface area (Å²) in [5, 5.41) is 8.63. The second kappa shape index (κ2) is 10.8. The molecule has 0 aromatic heterocycles. The SMILES string of the molecule is CCCCCOP(O)O.Oc1ccccc1. The van der Waals surface area contributed by atoms with E-state index in [0.717, 1.165) is 19.3 Å². The van der Waals surface area contributed by atoms with Crippen molar-refractivity contribution in [1.29, 1.82) is 0 Å². The van der Waals surface area contributed by atoms with Gasteiger partial charge in [-0.1, -0.05) is 38.0 Å². The predicted molar refractivity (Wildman–Crippen MR) is 64.9 cm³/mol. The van der Waals surface area contributed by atoms with Crippen LogP contribution in [0.25, 0.3) is 0 Å². The fourth-order valence-corrected chi connectivity index (χ4v) is 1.22. The van der Waals surface area contributed by atoms with Gasteiger partial charge in [-0.2, -0.15) is 0 Å². The van der Waals surface area contributed by atoms with Gasteiger partial charge in [-0.05, 0) is 18.6 Å². The van der Waals surface area contributed by atoms with Crippen molar-refractivity contribution in [3.8, 4) is 5.75 Å². The van der Waals surface area contributed by atoms with E-state index in [9.17, 15) is 0 Å². The van der Waals surface area contributed by atoms with Crippen molar-refractivity contribution < 1.29 is 19.4 Å². The Bertz CT molecular complexity index is 241. The molecule has 1 aromatic rings. The first-order valence-corrected chi connectivity index (χ1v) is 6.38. The van der Waals surface area contributed by atoms with Crippen molar-refractivity contribution in [2.45, 2.75) is 26.2 Å². The van der Waals surface area contributed by atoms with Crippen LogP contribution in [-0.4, -0.2) is 21.5 Å². The smallest absolute Gasteiger partial charge is 0.327 e. The molecule has 0 saturated heterocycles. The summed E-state index contributed by atoms with van der Waals surface area (Å²) in [6, 6.07) is 8.71. The number of benzene rings is 1. The van der Waals surface area contributed by atoms with Crippen LogP contribution in [-0.2, 0) is 4.52 Å². The maximum absolute atomic E-state index is 8.63. The fourth-order valence-electron chi connectivity index (χ4n) is 0.926. The van der Waals surface area contributed by atoms with Gasteiger partial charge in [0.05, 0.1) is 6.61 Å². The van der Waals surface area contributed by atoms with Crippen molar-refractivity contribution >= 4 is 8.60 Å². The maximum Gasteiger partial charge on any atom is 0.327 e. The van der Waals surface area contributed by atoms with Gasteiger partial charge in [0.2, 0.25) is 0 Å². The molecule has 0 fully saturated rings. The summed E-state index contributed by atoms with van der Waals surface area (Å²) in [5.74, 6) is 0.322. The highest BCUT2D eigenvalue weighted by molar-refractivity contribution is 7.39. The van der Waals surface area contributed by atoms with E-state index in [2.05, 4.69) is 11.4 Å². The number of aromatic hydroxyl groups is 1. The monoisotopic (exact) mass is 246 g/mol. The molecule has 0 heterocycles. The standard InChI is InChI=1S/C6H6O.C5H13O3P/c7-6-4-2-1-3-5-6;1-2-3-4-5-8-9(6)7/h1-5,7H;6-7H,2-5H2,1H3. The van der Waals surface area contributed by atoms with Crippen LogP contribution in [0.15, 0.2) is 30.3 Å². The molecule has 0 aliphatic heterocycles. The Morgan fingerprint density at radius 1 is 1.12 bits per heavy atom. The van der Waals surface area contributed by atoms with E-state index < -0.39 is 8.60 Å². The molecule has 0 radical (unpaired) electrons. The lowest BCUT2D eigenvalue weighted by Crippen LogP contribution is -1.87. The number of hydrogen-bond donors (Lipinski definition) is 3. The molecule has 0 bridgehead atoms. The van der Waals surface area contributed by atoms with E-state index in [0.29, 0.717) is 12.4 Å². The minimum atomic E-state index is -2.12. The summed E-state index contributed by atoms with van der Waals surface area (Å²) in [6.07, 6.45) is 3.12. The molecule has 16 heavy (non-hydrogen) atoms. The number of rotatable bonds is 5. The lowest BCUT2D eigenvalue weighted by molar-refractivity contribution is 0.249. The second-order valence-corrected chi connectivity index (χ2v) is 3.89. The Labute approximate surface area is 97.5 Å². The Hall–Kier alpha value is -0.670. The van der Waals surface area contributed by atoms with E-state index in [1.165, 1.54) is 0 Å². The van der Waals surface area contributed by atoms with E-state index in [-0.39, 0.29) is 0 Å². The van der Waals surface area contributed by atoms with Crippen LogP contribution in [0.5, 0.6) is 5.75 Å². The van der Waals surface area contributed by atoms with E-state index in [1.54, 1.807) is 24.3 Å². The Balaban J connectivity index is 0.000000288. The van der Waals surface area contributed by atoms with E-state index in [4.69, 9.17) is 14.9 Å². The van der Waals surface area contributed by atoms with Gasteiger partial charge in [-0.3, -0.25) is 0 Å². The number of phenolic OH excluding ortho intramolecular Hbond substituents is 1. The molecule has 3 N–H and O–H groups in total. The molecule has 0 aliphatic rings. The van der Waals surface area contributed by atoms with Crippen molar-refractivity contribution in [2.24, 2.45) is 0 Å². The van der Waals surface area contributed by atoms with E-state index in [1.807, 2.05) is 6.07 Å². The summed E-state index contributed by atoms with van der Waals surface area (Å²) < 4.78 is 4.52. The Morgan fingerprint density at radius 2 is 1.75 bits per heavy atom. The molecular weight excluding hydrogens is 227 g/mol. The van der Waals surface area contributed by atoms with Crippen molar-refractivity contribution in [2.75, 3.05) is 6.61 Å². The molecule has 0 unspecified atom stereocenters. The number of phenols is 1. The molecule has 1 rings (SSSR count). The Morgan fingerprint density at radius 3 is 2.12 bits per heavy atom. The third-order valence-electron chi connectivity index (χ3n) is 1.71. The molecule has 5 heteroatoms. The largest absolute Gasteiger partial charge is 0.508 e. The summed E-state index contributed by atoms with van der Waals surface area (Å²) in [7, 11) is -2.12. The van der Waals surface area contributed by atoms with Gasteiger partial charge in [-0.25, -0.2) is 0 Å². The van der Waals surface area contributed by atoms with Gasteiger partial charge in [0, 0.05) is 0 Å². The first-order chi connectivity index (χ1) is 7.66. The zero-order chi connectivity index (χ0) is 12.2. The van der Waals surface area contributed by atoms with Crippen LogP contribution >= 0.6 is 8.60 Å². The van der Waals surface area contributed by atoms with Gasteiger partial charge in [0.1, 0.15) is 5.75 Å². The maximum atomic E-state index is 8.63. The highest BCUT2D eigenvalue weighted by atomic mass is 31.2. The number of hydrogen-bond acceptors (Lipinski definition) is 4. The van der Waals surface area contributed by atoms with Gasteiger partial charge in [0.25, 0.3) is 0 Å². The van der Waals surface area contributed by atoms with Crippen LogP contribution < -0.4 is 0 Å². The van der Waals surface area contributed by atoms with Gasteiger partial charge < -0.3 is 19.4 Å². The highest BCUT2D eigenvalue weighted by Crippen LogP contribution is 2.24. The van der Waals surface area contributed by atoms with Gasteiger partial charge >= 0.3 is 8.60 Å². The molecule has 92 valence electrons. The van der Waals surface area contributed by atoms with Crippen molar-refractivity contribution in [3.63, 3.8) is 0 Å². The van der Waals surface area contributed by atoms with Crippen LogP contribution in [0.2, 0.25) is 0 Å². The van der Waals surface area contributed by atoms with Crippen LogP contribution in [0.4, 0.5) is 0 Å². The van der Waals surface area contributed by atoms with Gasteiger partial charge in [0.15, 0.2) is 0 Å². The summed E-state index contributed by atoms with van der Waals surface area (Å²) in [4.78, 5) is 16.5. The van der Waals surface area contributed by atoms with Crippen molar-refractivity contribution in [3.05, 3.63) is 30.3 Å². The molecule has 4 nitrogen and oxygen atoms in total. The quantitative estimate of drug-likeness (QED) is 0.552. The third kappa shape index (κ3) is 11.4. The topological polar surface area (TPSA) is 69.9 Å². The summed E-state index contributed by atoms with van der Waals surface area (Å²) >= 11 is 0. The number of para-hydroxylation sites is 1. The normalized spacial score (nSPS) is 9.75. The first kappa shape index (κ1) is 15.3. The average Bonchev–Trinajstić information content (AvgIpc) is 2.26. The van der Waals surface area contributed by atoms with Crippen molar-refractivity contribution in [1.82, 2.24) is 0 Å². The van der Waals surface area contributed by atoms with Crippen LogP contribution in [0.1, 0.15) is 26.2 Å². The number of unbranched alkanes of at least 4 members (excludes halogenated alkanes) is 2. The molecule has 0 atom stereocenters. The molecule has 1 aromatic carbocycles. The molecule has 0 spiro atoms. The zero-order valence-corrected chi connectivity index (χ0v) is 10.3. The van der Waals surface area contributed by atoms with Crippen LogP contribution in [0, 0.1) is 0 Å². The first-order valence-electron chi connectivity index (χ1n) is 5.21. The lowest BCUT2D eigenvalue weighted by Gasteiger charge is -2.01. The van der Waals surface area contributed by atoms with E-state index >= 15 is 0 Å². The third-order valence-corrected chi connectivity index (χ3v) is 2.12. The van der Waals surface area contributed by atoms with Crippen LogP contribution in [0.3, 0.4) is 0 Å².